The summed E-state index contributed by atoms with van der Waals surface area (Å²) in [5.74, 6) is -0.656. The minimum absolute atomic E-state index is 0.206. The lowest BCUT2D eigenvalue weighted by molar-refractivity contribution is -0.117. The first-order chi connectivity index (χ1) is 9.13. The Morgan fingerprint density at radius 2 is 2.05 bits per heavy atom. The van der Waals surface area contributed by atoms with Gasteiger partial charge < -0.3 is 10.4 Å². The van der Waals surface area contributed by atoms with E-state index in [-0.39, 0.29) is 24.7 Å². The maximum absolute atomic E-state index is 13.3. The van der Waals surface area contributed by atoms with Gasteiger partial charge in [0.1, 0.15) is 5.82 Å². The fourth-order valence-corrected chi connectivity index (χ4v) is 1.75. The number of hydrogen-bond donors (Lipinski definition) is 2. The largest absolute Gasteiger partial charge is 0.396 e. The summed E-state index contributed by atoms with van der Waals surface area (Å²) in [5.41, 5.74) is 0.209. The summed E-state index contributed by atoms with van der Waals surface area (Å²) in [4.78, 5) is 13.6. The number of anilines is 1. The molecule has 19 heavy (non-hydrogen) atoms. The van der Waals surface area contributed by atoms with Crippen LogP contribution in [0.2, 0.25) is 0 Å². The highest BCUT2D eigenvalue weighted by Gasteiger charge is 2.08. The SMILES string of the molecule is CN(CCCCCO)CC(=O)Nc1ccccc1F. The van der Waals surface area contributed by atoms with Gasteiger partial charge in [0.2, 0.25) is 5.91 Å². The number of nitrogens with one attached hydrogen (secondary N) is 1. The smallest absolute Gasteiger partial charge is 0.238 e. The number of carbonyl (C=O) groups is 1. The van der Waals surface area contributed by atoms with Crippen LogP contribution in [0, 0.1) is 5.82 Å². The number of amides is 1. The molecule has 0 aromatic heterocycles. The number of carbonyl (C=O) groups excluding carboxylic acids is 1. The van der Waals surface area contributed by atoms with Crippen molar-refractivity contribution in [2.75, 3.05) is 32.1 Å². The summed E-state index contributed by atoms with van der Waals surface area (Å²) in [6, 6.07) is 6.11. The molecular weight excluding hydrogens is 247 g/mol. The van der Waals surface area contributed by atoms with Crippen LogP contribution in [0.5, 0.6) is 0 Å². The molecule has 1 amide bonds. The Bertz CT molecular complexity index is 399. The quantitative estimate of drug-likeness (QED) is 0.708. The number of para-hydroxylation sites is 1. The fourth-order valence-electron chi connectivity index (χ4n) is 1.75. The predicted molar refractivity (Wildman–Crippen MR) is 73.5 cm³/mol. The van der Waals surface area contributed by atoms with Crippen LogP contribution in [-0.2, 0) is 4.79 Å². The van der Waals surface area contributed by atoms with Crippen LogP contribution in [0.3, 0.4) is 0 Å². The second kappa shape index (κ2) is 8.61. The Balaban J connectivity index is 2.29. The zero-order valence-electron chi connectivity index (χ0n) is 11.2. The van der Waals surface area contributed by atoms with Gasteiger partial charge in [0.25, 0.3) is 0 Å². The highest BCUT2D eigenvalue weighted by Crippen LogP contribution is 2.12. The fraction of sp³-hybridized carbons (Fsp3) is 0.500. The van der Waals surface area contributed by atoms with E-state index in [1.807, 2.05) is 11.9 Å². The van der Waals surface area contributed by atoms with Crippen molar-refractivity contribution in [3.05, 3.63) is 30.1 Å². The molecule has 0 radical (unpaired) electrons. The third-order valence-corrected chi connectivity index (χ3v) is 2.76. The second-order valence-corrected chi connectivity index (χ2v) is 4.55. The summed E-state index contributed by atoms with van der Waals surface area (Å²) >= 11 is 0. The van der Waals surface area contributed by atoms with E-state index in [1.165, 1.54) is 12.1 Å². The van der Waals surface area contributed by atoms with Crippen LogP contribution < -0.4 is 5.32 Å². The minimum atomic E-state index is -0.429. The molecule has 0 aliphatic heterocycles. The standard InChI is InChI=1S/C14H21FN2O2/c1-17(9-5-2-6-10-18)11-14(19)16-13-8-4-3-7-12(13)15/h3-4,7-8,18H,2,5-6,9-11H2,1H3,(H,16,19). The van der Waals surface area contributed by atoms with Gasteiger partial charge in [-0.25, -0.2) is 4.39 Å². The summed E-state index contributed by atoms with van der Waals surface area (Å²) in [6.45, 7) is 1.22. The maximum Gasteiger partial charge on any atom is 0.238 e. The van der Waals surface area contributed by atoms with Crippen LogP contribution in [0.1, 0.15) is 19.3 Å². The van der Waals surface area contributed by atoms with Crippen LogP contribution in [-0.4, -0.2) is 42.7 Å². The van der Waals surface area contributed by atoms with Gasteiger partial charge in [0.05, 0.1) is 12.2 Å². The Kier molecular flexibility index (Phi) is 7.07. The number of nitrogens with zero attached hydrogens (tertiary/aromatic N) is 1. The number of likely N-dealkylation sites (N-methyl/N-ethyl adjacent to an activating group) is 1. The molecule has 0 saturated carbocycles. The molecule has 2 N–H and O–H groups in total. The molecule has 1 aromatic rings. The molecular formula is C14H21FN2O2. The topological polar surface area (TPSA) is 52.6 Å². The molecule has 106 valence electrons. The summed E-state index contributed by atoms with van der Waals surface area (Å²) in [7, 11) is 1.85. The first kappa shape index (κ1) is 15.6. The molecule has 4 nitrogen and oxygen atoms in total. The van der Waals surface area contributed by atoms with Crippen molar-refractivity contribution in [1.29, 1.82) is 0 Å². The highest BCUT2D eigenvalue weighted by atomic mass is 19.1. The monoisotopic (exact) mass is 268 g/mol. The molecule has 0 aliphatic carbocycles. The first-order valence-electron chi connectivity index (χ1n) is 6.47. The average Bonchev–Trinajstić information content (AvgIpc) is 2.37. The van der Waals surface area contributed by atoms with E-state index in [1.54, 1.807) is 12.1 Å². The van der Waals surface area contributed by atoms with Crippen LogP contribution >= 0.6 is 0 Å². The molecule has 0 aliphatic rings. The zero-order valence-corrected chi connectivity index (χ0v) is 11.2. The lowest BCUT2D eigenvalue weighted by Gasteiger charge is -2.16. The molecule has 0 bridgehead atoms. The number of halogens is 1. The van der Waals surface area contributed by atoms with Gasteiger partial charge in [0.15, 0.2) is 0 Å². The van der Waals surface area contributed by atoms with Gasteiger partial charge in [0, 0.05) is 6.61 Å². The molecule has 0 saturated heterocycles. The Labute approximate surface area is 113 Å². The van der Waals surface area contributed by atoms with Crippen molar-refractivity contribution < 1.29 is 14.3 Å². The maximum atomic E-state index is 13.3. The van der Waals surface area contributed by atoms with Crippen molar-refractivity contribution in [1.82, 2.24) is 4.90 Å². The number of unbranched alkanes of at least 4 members (excludes halogenated alkanes) is 2. The molecule has 1 rings (SSSR count). The lowest BCUT2D eigenvalue weighted by atomic mass is 10.2. The van der Waals surface area contributed by atoms with E-state index in [4.69, 9.17) is 5.11 Å². The first-order valence-corrected chi connectivity index (χ1v) is 6.47. The van der Waals surface area contributed by atoms with Crippen molar-refractivity contribution in [3.63, 3.8) is 0 Å². The van der Waals surface area contributed by atoms with Gasteiger partial charge >= 0.3 is 0 Å². The molecule has 1 aromatic carbocycles. The number of hydrogen-bond acceptors (Lipinski definition) is 3. The van der Waals surface area contributed by atoms with Gasteiger partial charge in [-0.2, -0.15) is 0 Å². The van der Waals surface area contributed by atoms with E-state index in [2.05, 4.69) is 5.32 Å². The van der Waals surface area contributed by atoms with Crippen LogP contribution in [0.15, 0.2) is 24.3 Å². The molecule has 5 heteroatoms. The molecule has 0 fully saturated rings. The zero-order chi connectivity index (χ0) is 14.1. The Hall–Kier alpha value is -1.46. The van der Waals surface area contributed by atoms with Gasteiger partial charge in [-0.15, -0.1) is 0 Å². The number of benzene rings is 1. The molecule has 0 atom stereocenters. The lowest BCUT2D eigenvalue weighted by Crippen LogP contribution is -2.31. The number of aliphatic hydroxyl groups excluding tert-OH is 1. The van der Waals surface area contributed by atoms with E-state index in [0.29, 0.717) is 0 Å². The summed E-state index contributed by atoms with van der Waals surface area (Å²) in [5, 5.41) is 11.2. The number of aliphatic hydroxyl groups is 1. The van der Waals surface area contributed by atoms with E-state index >= 15 is 0 Å². The minimum Gasteiger partial charge on any atom is -0.396 e. The van der Waals surface area contributed by atoms with Crippen molar-refractivity contribution in [2.45, 2.75) is 19.3 Å². The van der Waals surface area contributed by atoms with E-state index in [0.717, 1.165) is 25.8 Å². The second-order valence-electron chi connectivity index (χ2n) is 4.55. The molecule has 0 spiro atoms. The van der Waals surface area contributed by atoms with E-state index < -0.39 is 5.82 Å². The third kappa shape index (κ3) is 6.31. The van der Waals surface area contributed by atoms with Crippen LogP contribution in [0.25, 0.3) is 0 Å². The van der Waals surface area contributed by atoms with Crippen molar-refractivity contribution in [3.8, 4) is 0 Å². The van der Waals surface area contributed by atoms with E-state index in [9.17, 15) is 9.18 Å². The molecule has 0 heterocycles. The number of rotatable bonds is 8. The third-order valence-electron chi connectivity index (χ3n) is 2.76. The van der Waals surface area contributed by atoms with Crippen molar-refractivity contribution in [2.24, 2.45) is 0 Å². The Morgan fingerprint density at radius 3 is 2.74 bits per heavy atom. The summed E-state index contributed by atoms with van der Waals surface area (Å²) in [6.07, 6.45) is 2.66. The summed E-state index contributed by atoms with van der Waals surface area (Å²) < 4.78 is 13.3. The highest BCUT2D eigenvalue weighted by molar-refractivity contribution is 5.92. The van der Waals surface area contributed by atoms with Crippen molar-refractivity contribution >= 4 is 11.6 Å². The predicted octanol–water partition coefficient (Wildman–Crippen LogP) is 1.86. The van der Waals surface area contributed by atoms with Crippen LogP contribution in [0.4, 0.5) is 10.1 Å². The average molecular weight is 268 g/mol. The molecule has 0 unspecified atom stereocenters. The Morgan fingerprint density at radius 1 is 1.32 bits per heavy atom. The van der Waals surface area contributed by atoms with Gasteiger partial charge in [-0.1, -0.05) is 12.1 Å². The van der Waals surface area contributed by atoms with Gasteiger partial charge in [-0.05, 0) is 45.0 Å². The van der Waals surface area contributed by atoms with Gasteiger partial charge in [-0.3, -0.25) is 9.69 Å². The normalized spacial score (nSPS) is 10.7.